The molecule has 0 amide bonds. The summed E-state index contributed by atoms with van der Waals surface area (Å²) >= 11 is 7.60. The Bertz CT molecular complexity index is 548. The van der Waals surface area contributed by atoms with Crippen molar-refractivity contribution in [1.29, 1.82) is 0 Å². The second-order valence-electron chi connectivity index (χ2n) is 4.62. The Morgan fingerprint density at radius 1 is 1.53 bits per heavy atom. The van der Waals surface area contributed by atoms with Crippen LogP contribution in [-0.4, -0.2) is 23.7 Å². The maximum absolute atomic E-state index is 5.95. The first kappa shape index (κ1) is 11.3. The smallest absolute Gasteiger partial charge is 0.184 e. The van der Waals surface area contributed by atoms with Crippen LogP contribution < -0.4 is 5.32 Å². The average molecular weight is 269 g/mol. The van der Waals surface area contributed by atoms with Gasteiger partial charge in [-0.3, -0.25) is 0 Å². The van der Waals surface area contributed by atoms with E-state index >= 15 is 0 Å². The molecule has 1 aliphatic rings. The van der Waals surface area contributed by atoms with Gasteiger partial charge in [-0.25, -0.2) is 4.98 Å². The summed E-state index contributed by atoms with van der Waals surface area (Å²) in [6, 6.07) is 5.80. The summed E-state index contributed by atoms with van der Waals surface area (Å²) in [7, 11) is 0. The van der Waals surface area contributed by atoms with Crippen molar-refractivity contribution in [1.82, 2.24) is 4.98 Å². The van der Waals surface area contributed by atoms with E-state index in [1.807, 2.05) is 18.2 Å². The second-order valence-corrected chi connectivity index (χ2v) is 6.09. The number of nitrogens with zero attached hydrogens (tertiary/aromatic N) is 1. The molecule has 2 heterocycles. The lowest BCUT2D eigenvalue weighted by Gasteiger charge is -2.22. The predicted octanol–water partition coefficient (Wildman–Crippen LogP) is 3.54. The molecule has 1 atom stereocenters. The molecule has 3 nitrogen and oxygen atoms in total. The van der Waals surface area contributed by atoms with Gasteiger partial charge in [0.15, 0.2) is 5.13 Å². The summed E-state index contributed by atoms with van der Waals surface area (Å²) in [5.41, 5.74) is 0.963. The summed E-state index contributed by atoms with van der Waals surface area (Å²) in [6.07, 6.45) is 1.02. The van der Waals surface area contributed by atoms with Crippen LogP contribution in [0.5, 0.6) is 0 Å². The van der Waals surface area contributed by atoms with Gasteiger partial charge in [0.25, 0.3) is 0 Å². The molecule has 1 N–H and O–H groups in total. The third-order valence-corrected chi connectivity index (χ3v) is 4.16. The first-order chi connectivity index (χ1) is 8.15. The number of thiazole rings is 1. The monoisotopic (exact) mass is 268 g/mol. The topological polar surface area (TPSA) is 34.2 Å². The molecule has 17 heavy (non-hydrogen) atoms. The number of nitrogens with one attached hydrogen (secondary N) is 1. The zero-order valence-corrected chi connectivity index (χ0v) is 11.1. The molecule has 2 aromatic rings. The Morgan fingerprint density at radius 3 is 3.18 bits per heavy atom. The minimum atomic E-state index is 0.0116. The minimum absolute atomic E-state index is 0.0116. The molecular weight excluding hydrogens is 256 g/mol. The number of hydrogen-bond acceptors (Lipinski definition) is 4. The van der Waals surface area contributed by atoms with E-state index < -0.39 is 0 Å². The lowest BCUT2D eigenvalue weighted by molar-refractivity contribution is 0.185. The van der Waals surface area contributed by atoms with Crippen LogP contribution in [0.3, 0.4) is 0 Å². The van der Waals surface area contributed by atoms with Crippen molar-refractivity contribution in [2.45, 2.75) is 18.9 Å². The number of fused-ring (bicyclic) bond motifs is 1. The Hall–Kier alpha value is -0.840. The highest BCUT2D eigenvalue weighted by Crippen LogP contribution is 2.31. The third kappa shape index (κ3) is 2.25. The van der Waals surface area contributed by atoms with Gasteiger partial charge < -0.3 is 10.1 Å². The molecule has 90 valence electrons. The van der Waals surface area contributed by atoms with E-state index in [0.29, 0.717) is 0 Å². The Morgan fingerprint density at radius 2 is 2.41 bits per heavy atom. The van der Waals surface area contributed by atoms with Gasteiger partial charge in [0.05, 0.1) is 22.4 Å². The van der Waals surface area contributed by atoms with Gasteiger partial charge in [-0.2, -0.15) is 0 Å². The van der Waals surface area contributed by atoms with E-state index in [1.165, 1.54) is 0 Å². The van der Waals surface area contributed by atoms with Gasteiger partial charge >= 0.3 is 0 Å². The van der Waals surface area contributed by atoms with Gasteiger partial charge in [-0.1, -0.05) is 22.9 Å². The molecule has 1 saturated heterocycles. The van der Waals surface area contributed by atoms with Crippen LogP contribution in [0.1, 0.15) is 13.3 Å². The number of halogens is 1. The number of hydrogen-bond donors (Lipinski definition) is 1. The lowest BCUT2D eigenvalue weighted by Crippen LogP contribution is -2.34. The molecule has 1 aromatic heterocycles. The van der Waals surface area contributed by atoms with Crippen molar-refractivity contribution in [3.63, 3.8) is 0 Å². The second kappa shape index (κ2) is 4.12. The Kier molecular flexibility index (Phi) is 2.73. The number of rotatable bonds is 2. The van der Waals surface area contributed by atoms with E-state index in [-0.39, 0.29) is 5.54 Å². The van der Waals surface area contributed by atoms with E-state index in [4.69, 9.17) is 16.3 Å². The molecular formula is C12H13ClN2OS. The highest BCUT2D eigenvalue weighted by molar-refractivity contribution is 7.22. The van der Waals surface area contributed by atoms with Crippen molar-refractivity contribution in [3.8, 4) is 0 Å². The minimum Gasteiger partial charge on any atom is -0.379 e. The van der Waals surface area contributed by atoms with Crippen LogP contribution in [0.25, 0.3) is 10.2 Å². The highest BCUT2D eigenvalue weighted by atomic mass is 35.5. The quantitative estimate of drug-likeness (QED) is 0.905. The van der Waals surface area contributed by atoms with Crippen molar-refractivity contribution >= 4 is 38.3 Å². The zero-order valence-electron chi connectivity index (χ0n) is 9.50. The summed E-state index contributed by atoms with van der Waals surface area (Å²) in [6.45, 7) is 3.73. The number of ether oxygens (including phenoxy) is 1. The van der Waals surface area contributed by atoms with E-state index in [0.717, 1.165) is 40.0 Å². The van der Waals surface area contributed by atoms with E-state index in [9.17, 15) is 0 Å². The average Bonchev–Trinajstić information content (AvgIpc) is 2.84. The molecule has 1 fully saturated rings. The van der Waals surface area contributed by atoms with Crippen molar-refractivity contribution < 1.29 is 4.74 Å². The van der Waals surface area contributed by atoms with Crippen molar-refractivity contribution in [2.24, 2.45) is 0 Å². The third-order valence-electron chi connectivity index (χ3n) is 2.98. The maximum Gasteiger partial charge on any atom is 0.184 e. The first-order valence-corrected chi connectivity index (χ1v) is 6.76. The lowest BCUT2D eigenvalue weighted by atomic mass is 10.0. The Balaban J connectivity index is 1.90. The van der Waals surface area contributed by atoms with Gasteiger partial charge in [-0.15, -0.1) is 0 Å². The molecule has 0 spiro atoms. The van der Waals surface area contributed by atoms with Gasteiger partial charge in [0.1, 0.15) is 0 Å². The normalized spacial score (nSPS) is 24.4. The molecule has 0 aliphatic carbocycles. The zero-order chi connectivity index (χ0) is 11.9. The van der Waals surface area contributed by atoms with Gasteiger partial charge in [-0.05, 0) is 31.5 Å². The standard InChI is InChI=1S/C12H13ClN2OS/c1-12(4-5-16-7-12)15-11-14-9-6-8(13)2-3-10(9)17-11/h2-3,6H,4-5,7H2,1H3,(H,14,15). The molecule has 1 unspecified atom stereocenters. The van der Waals surface area contributed by atoms with Gasteiger partial charge in [0.2, 0.25) is 0 Å². The largest absolute Gasteiger partial charge is 0.379 e. The number of anilines is 1. The molecule has 0 bridgehead atoms. The van der Waals surface area contributed by atoms with Crippen LogP contribution in [0, 0.1) is 0 Å². The number of aromatic nitrogens is 1. The number of benzene rings is 1. The van der Waals surface area contributed by atoms with Crippen LogP contribution in [0.4, 0.5) is 5.13 Å². The maximum atomic E-state index is 5.95. The summed E-state index contributed by atoms with van der Waals surface area (Å²) in [5.74, 6) is 0. The summed E-state index contributed by atoms with van der Waals surface area (Å²) < 4.78 is 6.57. The first-order valence-electron chi connectivity index (χ1n) is 5.57. The molecule has 1 aromatic carbocycles. The predicted molar refractivity (Wildman–Crippen MR) is 72.1 cm³/mol. The summed E-state index contributed by atoms with van der Waals surface area (Å²) in [4.78, 5) is 4.55. The van der Waals surface area contributed by atoms with Crippen molar-refractivity contribution in [3.05, 3.63) is 23.2 Å². The summed E-state index contributed by atoms with van der Waals surface area (Å²) in [5, 5.41) is 5.13. The molecule has 0 radical (unpaired) electrons. The Labute approximate surface area is 109 Å². The van der Waals surface area contributed by atoms with Crippen LogP contribution in [0.15, 0.2) is 18.2 Å². The fourth-order valence-corrected chi connectivity index (χ4v) is 3.14. The van der Waals surface area contributed by atoms with E-state index in [2.05, 4.69) is 17.2 Å². The van der Waals surface area contributed by atoms with E-state index in [1.54, 1.807) is 11.3 Å². The highest BCUT2D eigenvalue weighted by Gasteiger charge is 2.30. The molecule has 1 aliphatic heterocycles. The molecule has 0 saturated carbocycles. The SMILES string of the molecule is CC1(Nc2nc3cc(Cl)ccc3s2)CCOC1. The van der Waals surface area contributed by atoms with Crippen LogP contribution in [0.2, 0.25) is 5.02 Å². The van der Waals surface area contributed by atoms with Gasteiger partial charge in [0, 0.05) is 11.6 Å². The molecule has 5 heteroatoms. The fourth-order valence-electron chi connectivity index (χ4n) is 1.98. The fraction of sp³-hybridized carbons (Fsp3) is 0.417. The van der Waals surface area contributed by atoms with Crippen LogP contribution in [-0.2, 0) is 4.74 Å². The molecule has 3 rings (SSSR count). The van der Waals surface area contributed by atoms with Crippen LogP contribution >= 0.6 is 22.9 Å². The van der Waals surface area contributed by atoms with Crippen molar-refractivity contribution in [2.75, 3.05) is 18.5 Å².